The van der Waals surface area contributed by atoms with Crippen LogP contribution in [0.4, 0.5) is 0 Å². The molecule has 0 unspecified atom stereocenters. The summed E-state index contributed by atoms with van der Waals surface area (Å²) in [6.07, 6.45) is 4.43. The lowest BCUT2D eigenvalue weighted by Gasteiger charge is -2.05. The Morgan fingerprint density at radius 3 is 2.44 bits per heavy atom. The molecule has 0 amide bonds. The van der Waals surface area contributed by atoms with E-state index in [0.717, 1.165) is 19.3 Å². The van der Waals surface area contributed by atoms with Crippen molar-refractivity contribution < 1.29 is 19.7 Å². The number of hydrogen-bond acceptors (Lipinski definition) is 4. The normalized spacial score (nSPS) is 26.6. The van der Waals surface area contributed by atoms with Crippen LogP contribution in [-0.4, -0.2) is 34.5 Å². The van der Waals surface area contributed by atoms with Gasteiger partial charge in [0, 0.05) is 6.42 Å². The molecule has 3 atom stereocenters. The van der Waals surface area contributed by atoms with Gasteiger partial charge in [0.25, 0.3) is 0 Å². The van der Waals surface area contributed by atoms with E-state index in [1.807, 2.05) is 0 Å². The first kappa shape index (κ1) is 15.0. The summed E-state index contributed by atoms with van der Waals surface area (Å²) in [5.41, 5.74) is 0. The molecule has 0 bridgehead atoms. The first-order valence-electron chi connectivity index (χ1n) is 6.72. The van der Waals surface area contributed by atoms with Gasteiger partial charge >= 0.3 is 5.97 Å². The molecule has 2 N–H and O–H groups in total. The third kappa shape index (κ3) is 4.67. The van der Waals surface area contributed by atoms with Crippen molar-refractivity contribution in [3.05, 3.63) is 0 Å². The molecule has 0 radical (unpaired) electrons. The zero-order valence-electron chi connectivity index (χ0n) is 10.9. The molecule has 0 aromatic rings. The summed E-state index contributed by atoms with van der Waals surface area (Å²) in [4.78, 5) is 10.9. The zero-order chi connectivity index (χ0) is 13.4. The molecule has 0 aliphatic carbocycles. The lowest BCUT2D eigenvalue weighted by molar-refractivity contribution is -0.146. The number of carbonyl (C=O) groups is 1. The Morgan fingerprint density at radius 2 is 1.83 bits per heavy atom. The van der Waals surface area contributed by atoms with Crippen molar-refractivity contribution in [2.75, 3.05) is 0 Å². The molecule has 1 heterocycles. The Kier molecular flexibility index (Phi) is 6.77. The van der Waals surface area contributed by atoms with Crippen molar-refractivity contribution in [3.63, 3.8) is 0 Å². The van der Waals surface area contributed by atoms with Crippen LogP contribution in [0.1, 0.15) is 51.9 Å². The maximum atomic E-state index is 10.9. The van der Waals surface area contributed by atoms with E-state index in [-0.39, 0.29) is 0 Å². The highest BCUT2D eigenvalue weighted by Gasteiger charge is 2.41. The molecular formula is C14H22O4. The average molecular weight is 254 g/mol. The summed E-state index contributed by atoms with van der Waals surface area (Å²) >= 11 is 0. The van der Waals surface area contributed by atoms with E-state index in [9.17, 15) is 9.90 Å². The summed E-state index contributed by atoms with van der Waals surface area (Å²) in [7, 11) is 0. The highest BCUT2D eigenvalue weighted by Crippen LogP contribution is 2.15. The number of carbonyl (C=O) groups excluding carboxylic acids is 1. The lowest BCUT2D eigenvalue weighted by Crippen LogP contribution is -2.30. The number of rotatable bonds is 6. The smallest absolute Gasteiger partial charge is 0.339 e. The molecule has 4 heteroatoms. The zero-order valence-corrected chi connectivity index (χ0v) is 10.9. The van der Waals surface area contributed by atoms with Crippen molar-refractivity contribution in [2.45, 2.75) is 70.2 Å². The highest BCUT2D eigenvalue weighted by molar-refractivity contribution is 5.78. The minimum absolute atomic E-state index is 0.739. The molecule has 0 aromatic heterocycles. The van der Waals surface area contributed by atoms with Crippen LogP contribution in [-0.2, 0) is 9.53 Å². The Labute approximate surface area is 108 Å². The Bertz CT molecular complexity index is 315. The Hall–Kier alpha value is -1.05. The number of unbranched alkanes of at least 4 members (excludes halogenated alkanes) is 6. The van der Waals surface area contributed by atoms with Gasteiger partial charge in [-0.1, -0.05) is 50.9 Å². The average Bonchev–Trinajstić information content (AvgIpc) is 2.60. The number of hydrogen-bond donors (Lipinski definition) is 2. The largest absolute Gasteiger partial charge is 0.444 e. The monoisotopic (exact) mass is 254 g/mol. The molecule has 18 heavy (non-hydrogen) atoms. The van der Waals surface area contributed by atoms with E-state index in [2.05, 4.69) is 18.8 Å². The van der Waals surface area contributed by atoms with Crippen LogP contribution in [0, 0.1) is 11.8 Å². The van der Waals surface area contributed by atoms with E-state index in [4.69, 9.17) is 9.84 Å². The first-order valence-corrected chi connectivity index (χ1v) is 6.72. The summed E-state index contributed by atoms with van der Waals surface area (Å²) in [6, 6.07) is 0. The van der Waals surface area contributed by atoms with Gasteiger partial charge in [-0.2, -0.15) is 0 Å². The maximum Gasteiger partial charge on any atom is 0.339 e. The second kappa shape index (κ2) is 8.12. The van der Waals surface area contributed by atoms with Crippen molar-refractivity contribution in [1.82, 2.24) is 0 Å². The molecular weight excluding hydrogens is 232 g/mol. The fourth-order valence-corrected chi connectivity index (χ4v) is 1.85. The van der Waals surface area contributed by atoms with Gasteiger partial charge in [-0.25, -0.2) is 4.79 Å². The quantitative estimate of drug-likeness (QED) is 0.427. The SMILES string of the molecule is CCCCCCCCC#C[C@@H]1OC(=O)[C@@H](O)[C@H]1O. The third-order valence-electron chi connectivity index (χ3n) is 3.02. The number of ether oxygens (including phenoxy) is 1. The Morgan fingerprint density at radius 1 is 1.17 bits per heavy atom. The van der Waals surface area contributed by atoms with Gasteiger partial charge in [0.15, 0.2) is 12.2 Å². The molecule has 1 aliphatic heterocycles. The van der Waals surface area contributed by atoms with E-state index < -0.39 is 24.3 Å². The van der Waals surface area contributed by atoms with Crippen LogP contribution >= 0.6 is 0 Å². The second-order valence-electron chi connectivity index (χ2n) is 4.63. The lowest BCUT2D eigenvalue weighted by atomic mass is 10.1. The van der Waals surface area contributed by atoms with Crippen molar-refractivity contribution >= 4 is 5.97 Å². The van der Waals surface area contributed by atoms with Crippen LogP contribution in [0.5, 0.6) is 0 Å². The molecule has 0 aromatic carbocycles. The minimum atomic E-state index is -1.45. The molecule has 0 saturated carbocycles. The van der Waals surface area contributed by atoms with Crippen LogP contribution in [0.15, 0.2) is 0 Å². The van der Waals surface area contributed by atoms with E-state index in [1.54, 1.807) is 0 Å². The van der Waals surface area contributed by atoms with Crippen LogP contribution in [0.3, 0.4) is 0 Å². The van der Waals surface area contributed by atoms with Gasteiger partial charge < -0.3 is 14.9 Å². The number of aliphatic hydroxyl groups excluding tert-OH is 2. The first-order chi connectivity index (χ1) is 8.66. The van der Waals surface area contributed by atoms with E-state index in [1.165, 1.54) is 25.7 Å². The molecule has 1 saturated heterocycles. The van der Waals surface area contributed by atoms with Gasteiger partial charge in [0.1, 0.15) is 6.10 Å². The van der Waals surface area contributed by atoms with Crippen LogP contribution in [0.2, 0.25) is 0 Å². The summed E-state index contributed by atoms with van der Waals surface area (Å²) in [5, 5.41) is 18.6. The van der Waals surface area contributed by atoms with Crippen LogP contribution in [0.25, 0.3) is 0 Å². The number of cyclic esters (lactones) is 1. The number of esters is 1. The number of aliphatic hydroxyl groups is 2. The van der Waals surface area contributed by atoms with Crippen molar-refractivity contribution in [3.8, 4) is 11.8 Å². The third-order valence-corrected chi connectivity index (χ3v) is 3.02. The molecule has 102 valence electrons. The molecule has 1 rings (SSSR count). The maximum absolute atomic E-state index is 10.9. The van der Waals surface area contributed by atoms with Crippen molar-refractivity contribution in [2.24, 2.45) is 0 Å². The topological polar surface area (TPSA) is 66.8 Å². The fraction of sp³-hybridized carbons (Fsp3) is 0.786. The minimum Gasteiger partial charge on any atom is -0.444 e. The van der Waals surface area contributed by atoms with Gasteiger partial charge in [-0.15, -0.1) is 0 Å². The predicted molar refractivity (Wildman–Crippen MR) is 67.7 cm³/mol. The molecule has 0 spiro atoms. The van der Waals surface area contributed by atoms with Gasteiger partial charge in [-0.3, -0.25) is 0 Å². The van der Waals surface area contributed by atoms with Crippen molar-refractivity contribution in [1.29, 1.82) is 0 Å². The van der Waals surface area contributed by atoms with Gasteiger partial charge in [0.05, 0.1) is 0 Å². The molecule has 4 nitrogen and oxygen atoms in total. The fourth-order valence-electron chi connectivity index (χ4n) is 1.85. The summed E-state index contributed by atoms with van der Waals surface area (Å²) in [6.45, 7) is 2.19. The molecule has 1 fully saturated rings. The second-order valence-corrected chi connectivity index (χ2v) is 4.63. The molecule has 1 aliphatic rings. The van der Waals surface area contributed by atoms with Crippen LogP contribution < -0.4 is 0 Å². The van der Waals surface area contributed by atoms with E-state index in [0.29, 0.717) is 0 Å². The van der Waals surface area contributed by atoms with Gasteiger partial charge in [0.2, 0.25) is 0 Å². The summed E-state index contributed by atoms with van der Waals surface area (Å²) in [5.74, 6) is 4.79. The Balaban J connectivity index is 2.13. The van der Waals surface area contributed by atoms with E-state index >= 15 is 0 Å². The van der Waals surface area contributed by atoms with Gasteiger partial charge in [-0.05, 0) is 6.42 Å². The highest BCUT2D eigenvalue weighted by atomic mass is 16.6. The standard InChI is InChI=1S/C14H22O4/c1-2-3-4-5-6-7-8-9-10-11-12(15)13(16)14(17)18-11/h11-13,15-16H,2-8H2,1H3/t11-,12-,13-/m0/s1. The predicted octanol–water partition coefficient (Wildman–Crippen LogP) is 1.39. The summed E-state index contributed by atoms with van der Waals surface area (Å²) < 4.78 is 4.73.